The van der Waals surface area contributed by atoms with Gasteiger partial charge in [0.1, 0.15) is 5.82 Å². The van der Waals surface area contributed by atoms with Crippen LogP contribution in [0.3, 0.4) is 0 Å². The fourth-order valence-corrected chi connectivity index (χ4v) is 1.65. The standard InChI is InChI=1S/C10H9N3O2S.C2H6/c1-15-9(14)7-3-2-4-8(12-7)13-10-11-5-6-16-10;1-2/h2-6H,1H3,(H,11,12,13);1-2H3. The lowest BCUT2D eigenvalue weighted by molar-refractivity contribution is 0.0594. The predicted octanol–water partition coefficient (Wildman–Crippen LogP) is 3.09. The van der Waals surface area contributed by atoms with Gasteiger partial charge in [0.05, 0.1) is 7.11 Å². The van der Waals surface area contributed by atoms with E-state index < -0.39 is 5.97 Å². The number of nitrogens with zero attached hydrogens (tertiary/aromatic N) is 2. The fourth-order valence-electron chi connectivity index (χ4n) is 1.12. The van der Waals surface area contributed by atoms with E-state index >= 15 is 0 Å². The van der Waals surface area contributed by atoms with Gasteiger partial charge in [-0.2, -0.15) is 0 Å². The van der Waals surface area contributed by atoms with Crippen molar-refractivity contribution in [3.05, 3.63) is 35.5 Å². The van der Waals surface area contributed by atoms with E-state index in [1.807, 2.05) is 19.2 Å². The Balaban J connectivity index is 0.000000771. The van der Waals surface area contributed by atoms with Gasteiger partial charge in [-0.05, 0) is 12.1 Å². The summed E-state index contributed by atoms with van der Waals surface area (Å²) < 4.78 is 4.58. The number of pyridine rings is 1. The van der Waals surface area contributed by atoms with Gasteiger partial charge >= 0.3 is 5.97 Å². The highest BCUT2D eigenvalue weighted by atomic mass is 32.1. The second-order valence-electron chi connectivity index (χ2n) is 2.86. The quantitative estimate of drug-likeness (QED) is 0.864. The summed E-state index contributed by atoms with van der Waals surface area (Å²) in [5.74, 6) is 0.112. The Morgan fingerprint density at radius 1 is 1.39 bits per heavy atom. The van der Waals surface area contributed by atoms with E-state index in [0.717, 1.165) is 5.13 Å². The molecule has 0 aliphatic carbocycles. The zero-order valence-electron chi connectivity index (χ0n) is 10.5. The molecule has 0 aliphatic rings. The molecule has 0 unspecified atom stereocenters. The molecule has 18 heavy (non-hydrogen) atoms. The van der Waals surface area contributed by atoms with Gasteiger partial charge in [-0.15, -0.1) is 11.3 Å². The van der Waals surface area contributed by atoms with E-state index in [1.54, 1.807) is 24.4 Å². The number of rotatable bonds is 3. The highest BCUT2D eigenvalue weighted by molar-refractivity contribution is 7.13. The highest BCUT2D eigenvalue weighted by Gasteiger charge is 2.07. The van der Waals surface area contributed by atoms with Crippen molar-refractivity contribution in [3.63, 3.8) is 0 Å². The van der Waals surface area contributed by atoms with Crippen molar-refractivity contribution in [3.8, 4) is 0 Å². The van der Waals surface area contributed by atoms with Gasteiger partial charge in [-0.1, -0.05) is 19.9 Å². The molecule has 0 saturated heterocycles. The van der Waals surface area contributed by atoms with Crippen molar-refractivity contribution >= 4 is 28.3 Å². The molecule has 0 aliphatic heterocycles. The third-order valence-electron chi connectivity index (χ3n) is 1.81. The molecule has 1 N–H and O–H groups in total. The molecule has 2 heterocycles. The summed E-state index contributed by atoms with van der Waals surface area (Å²) in [5.41, 5.74) is 0.268. The molecule has 96 valence electrons. The summed E-state index contributed by atoms with van der Waals surface area (Å²) in [6.07, 6.45) is 1.69. The summed E-state index contributed by atoms with van der Waals surface area (Å²) in [6, 6.07) is 5.09. The molecule has 2 aromatic heterocycles. The normalized spacial score (nSPS) is 9.06. The first-order valence-corrected chi connectivity index (χ1v) is 6.39. The van der Waals surface area contributed by atoms with Crippen LogP contribution < -0.4 is 5.32 Å². The van der Waals surface area contributed by atoms with E-state index in [4.69, 9.17) is 0 Å². The van der Waals surface area contributed by atoms with Gasteiger partial charge in [-0.3, -0.25) is 0 Å². The van der Waals surface area contributed by atoms with Crippen LogP contribution in [0.25, 0.3) is 0 Å². The Morgan fingerprint density at radius 2 is 2.17 bits per heavy atom. The van der Waals surface area contributed by atoms with Gasteiger partial charge < -0.3 is 10.1 Å². The minimum Gasteiger partial charge on any atom is -0.464 e. The Bertz CT molecular complexity index is 486. The Labute approximate surface area is 110 Å². The molecule has 0 spiro atoms. The number of hydrogen-bond acceptors (Lipinski definition) is 6. The van der Waals surface area contributed by atoms with Gasteiger partial charge in [0.25, 0.3) is 0 Å². The summed E-state index contributed by atoms with van der Waals surface area (Å²) in [5, 5.41) is 5.58. The number of hydrogen-bond donors (Lipinski definition) is 1. The number of methoxy groups -OCH3 is 1. The van der Waals surface area contributed by atoms with Crippen LogP contribution in [0.15, 0.2) is 29.8 Å². The number of carbonyl (C=O) groups excluding carboxylic acids is 1. The molecule has 0 radical (unpaired) electrons. The number of carbonyl (C=O) groups is 1. The van der Waals surface area contributed by atoms with Crippen molar-refractivity contribution in [2.75, 3.05) is 12.4 Å². The minimum atomic E-state index is -0.456. The lowest BCUT2D eigenvalue weighted by Crippen LogP contribution is -2.05. The summed E-state index contributed by atoms with van der Waals surface area (Å²) in [7, 11) is 1.32. The monoisotopic (exact) mass is 265 g/mol. The van der Waals surface area contributed by atoms with Crippen LogP contribution in [0.2, 0.25) is 0 Å². The molecular formula is C12H15N3O2S. The van der Waals surface area contributed by atoms with E-state index in [-0.39, 0.29) is 5.69 Å². The number of thiazole rings is 1. The molecule has 5 nitrogen and oxygen atoms in total. The van der Waals surface area contributed by atoms with Gasteiger partial charge in [0, 0.05) is 11.6 Å². The van der Waals surface area contributed by atoms with Crippen LogP contribution in [0.4, 0.5) is 10.9 Å². The zero-order valence-corrected chi connectivity index (χ0v) is 11.3. The molecule has 0 bridgehead atoms. The fraction of sp³-hybridized carbons (Fsp3) is 0.250. The maximum atomic E-state index is 11.2. The highest BCUT2D eigenvalue weighted by Crippen LogP contribution is 2.16. The Hall–Kier alpha value is -1.95. The SMILES string of the molecule is CC.COC(=O)c1cccc(Nc2nccs2)n1. The average molecular weight is 265 g/mol. The number of nitrogens with one attached hydrogen (secondary N) is 1. The molecule has 0 saturated carbocycles. The smallest absolute Gasteiger partial charge is 0.356 e. The van der Waals surface area contributed by atoms with E-state index in [1.165, 1.54) is 18.4 Å². The second kappa shape index (κ2) is 7.39. The molecule has 0 fully saturated rings. The molecule has 0 aromatic carbocycles. The van der Waals surface area contributed by atoms with Crippen molar-refractivity contribution in [1.29, 1.82) is 0 Å². The third-order valence-corrected chi connectivity index (χ3v) is 2.50. The van der Waals surface area contributed by atoms with E-state index in [0.29, 0.717) is 5.82 Å². The minimum absolute atomic E-state index is 0.268. The topological polar surface area (TPSA) is 64.1 Å². The first-order chi connectivity index (χ1) is 8.79. The first-order valence-electron chi connectivity index (χ1n) is 5.51. The number of anilines is 2. The summed E-state index contributed by atoms with van der Waals surface area (Å²) in [4.78, 5) is 19.4. The zero-order chi connectivity index (χ0) is 13.4. The van der Waals surface area contributed by atoms with Crippen LogP contribution >= 0.6 is 11.3 Å². The number of aromatic nitrogens is 2. The van der Waals surface area contributed by atoms with Crippen molar-refractivity contribution in [2.24, 2.45) is 0 Å². The number of esters is 1. The number of ether oxygens (including phenoxy) is 1. The van der Waals surface area contributed by atoms with Gasteiger partial charge in [-0.25, -0.2) is 14.8 Å². The Kier molecular flexibility index (Phi) is 5.79. The summed E-state index contributed by atoms with van der Waals surface area (Å²) >= 11 is 1.46. The van der Waals surface area contributed by atoms with Crippen molar-refractivity contribution in [2.45, 2.75) is 13.8 Å². The van der Waals surface area contributed by atoms with Crippen LogP contribution in [-0.4, -0.2) is 23.0 Å². The molecular weight excluding hydrogens is 250 g/mol. The van der Waals surface area contributed by atoms with Crippen LogP contribution in [-0.2, 0) is 4.74 Å². The Morgan fingerprint density at radius 3 is 2.78 bits per heavy atom. The third kappa shape index (κ3) is 3.81. The second-order valence-corrected chi connectivity index (χ2v) is 3.76. The molecule has 6 heteroatoms. The van der Waals surface area contributed by atoms with Crippen molar-refractivity contribution < 1.29 is 9.53 Å². The van der Waals surface area contributed by atoms with Crippen molar-refractivity contribution in [1.82, 2.24) is 9.97 Å². The maximum Gasteiger partial charge on any atom is 0.356 e. The van der Waals surface area contributed by atoms with Crippen LogP contribution in [0.5, 0.6) is 0 Å². The lowest BCUT2D eigenvalue weighted by Gasteiger charge is -2.03. The maximum absolute atomic E-state index is 11.2. The molecule has 0 atom stereocenters. The lowest BCUT2D eigenvalue weighted by atomic mass is 10.3. The van der Waals surface area contributed by atoms with E-state index in [2.05, 4.69) is 20.0 Å². The first kappa shape index (κ1) is 14.1. The van der Waals surface area contributed by atoms with Gasteiger partial charge in [0.2, 0.25) is 0 Å². The predicted molar refractivity (Wildman–Crippen MR) is 72.3 cm³/mol. The van der Waals surface area contributed by atoms with Crippen LogP contribution in [0, 0.1) is 0 Å². The average Bonchev–Trinajstić information content (AvgIpc) is 2.93. The van der Waals surface area contributed by atoms with Gasteiger partial charge in [0.15, 0.2) is 10.8 Å². The van der Waals surface area contributed by atoms with Crippen LogP contribution in [0.1, 0.15) is 24.3 Å². The summed E-state index contributed by atoms with van der Waals surface area (Å²) in [6.45, 7) is 4.00. The molecule has 2 aromatic rings. The molecule has 0 amide bonds. The largest absolute Gasteiger partial charge is 0.464 e. The van der Waals surface area contributed by atoms with E-state index in [9.17, 15) is 4.79 Å². The molecule has 2 rings (SSSR count).